The largest absolute Gasteiger partial charge is 0.493 e. The Balaban J connectivity index is 2.33. The van der Waals surface area contributed by atoms with E-state index >= 15 is 0 Å². The zero-order chi connectivity index (χ0) is 37.7. The summed E-state index contributed by atoms with van der Waals surface area (Å²) in [5.74, 6) is 0. The second-order valence-electron chi connectivity index (χ2n) is 16.0. The van der Waals surface area contributed by atoms with Crippen LogP contribution in [0.3, 0.4) is 0 Å². The van der Waals surface area contributed by atoms with Gasteiger partial charge in [0.05, 0.1) is 0 Å². The van der Waals surface area contributed by atoms with Crippen molar-refractivity contribution in [1.29, 1.82) is 0 Å². The Morgan fingerprint density at radius 1 is 0.346 bits per heavy atom. The Morgan fingerprint density at radius 3 is 0.885 bits per heavy atom. The number of allylic oxidation sites excluding steroid dienone is 2. The van der Waals surface area contributed by atoms with Crippen LogP contribution in [0.15, 0.2) is 35.4 Å². The van der Waals surface area contributed by atoms with Crippen LogP contribution in [0.25, 0.3) is 16.9 Å². The lowest BCUT2D eigenvalue weighted by atomic mass is 9.86. The number of aryl methyl sites for hydroxylation is 4. The molecule has 0 atom stereocenters. The van der Waals surface area contributed by atoms with E-state index in [2.05, 4.69) is 79.7 Å². The van der Waals surface area contributed by atoms with Crippen LogP contribution >= 0.6 is 0 Å². The van der Waals surface area contributed by atoms with E-state index in [4.69, 9.17) is 0 Å². The highest BCUT2D eigenvalue weighted by Gasteiger charge is 2.36. The second-order valence-corrected chi connectivity index (χ2v) is 16.0. The summed E-state index contributed by atoms with van der Waals surface area (Å²) in [6, 6.07) is 10.1. The molecule has 2 aromatic carbocycles. The van der Waals surface area contributed by atoms with Crippen LogP contribution in [0, 0.1) is 0 Å². The quantitative estimate of drug-likeness (QED) is 0.0621. The highest BCUT2D eigenvalue weighted by atomic mass is 15.2. The second kappa shape index (κ2) is 24.8. The predicted molar refractivity (Wildman–Crippen MR) is 230 cm³/mol. The SMILES string of the molecule is CCCCCc1c(CCCC)cc(C2=C(CCCC)C(CCCC)=C(c3cc(CCCC)c(CCCCC)c(CCCC)c3)[N+]2=[N-])cc1CCCC. The minimum absolute atomic E-state index is 1.03. The summed E-state index contributed by atoms with van der Waals surface area (Å²) in [6.07, 6.45) is 31.0. The van der Waals surface area contributed by atoms with Gasteiger partial charge in [-0.05, 0) is 160 Å². The molecule has 0 aliphatic carbocycles. The molecule has 2 nitrogen and oxygen atoms in total. The first-order valence-electron chi connectivity index (χ1n) is 22.7. The van der Waals surface area contributed by atoms with Gasteiger partial charge in [0.2, 0.25) is 11.4 Å². The number of benzene rings is 2. The van der Waals surface area contributed by atoms with Crippen molar-refractivity contribution in [2.24, 2.45) is 0 Å². The van der Waals surface area contributed by atoms with Gasteiger partial charge in [-0.25, -0.2) is 4.70 Å². The van der Waals surface area contributed by atoms with Crippen LogP contribution in [-0.2, 0) is 38.5 Å². The van der Waals surface area contributed by atoms with Crippen LogP contribution in [-0.4, -0.2) is 4.70 Å². The van der Waals surface area contributed by atoms with Crippen molar-refractivity contribution < 1.29 is 4.70 Å². The van der Waals surface area contributed by atoms with E-state index in [9.17, 15) is 5.53 Å². The van der Waals surface area contributed by atoms with Gasteiger partial charge in [0.15, 0.2) is 0 Å². The number of rotatable bonds is 28. The highest BCUT2D eigenvalue weighted by Crippen LogP contribution is 2.46. The first-order chi connectivity index (χ1) is 25.4. The van der Waals surface area contributed by atoms with Gasteiger partial charge in [-0.15, -0.1) is 0 Å². The van der Waals surface area contributed by atoms with E-state index in [1.165, 1.54) is 125 Å². The number of unbranched alkanes of at least 4 members (excludes halogenated alkanes) is 10. The average molecular weight is 709 g/mol. The van der Waals surface area contributed by atoms with Gasteiger partial charge < -0.3 is 5.53 Å². The van der Waals surface area contributed by atoms with Crippen LogP contribution < -0.4 is 0 Å². The van der Waals surface area contributed by atoms with Crippen LogP contribution in [0.1, 0.15) is 228 Å². The average Bonchev–Trinajstić information content (AvgIpc) is 3.43. The molecule has 0 aromatic heterocycles. The summed E-state index contributed by atoms with van der Waals surface area (Å²) >= 11 is 0. The van der Waals surface area contributed by atoms with Crippen LogP contribution in [0.5, 0.6) is 0 Å². The van der Waals surface area contributed by atoms with Gasteiger partial charge in [0.1, 0.15) is 0 Å². The first-order valence-corrected chi connectivity index (χ1v) is 22.7. The van der Waals surface area contributed by atoms with Gasteiger partial charge in [0.25, 0.3) is 0 Å². The van der Waals surface area contributed by atoms with Crippen LogP contribution in [0.2, 0.25) is 0 Å². The molecule has 52 heavy (non-hydrogen) atoms. The fourth-order valence-corrected chi connectivity index (χ4v) is 8.47. The molecule has 1 aliphatic heterocycles. The third-order valence-corrected chi connectivity index (χ3v) is 11.6. The maximum absolute atomic E-state index is 12.8. The van der Waals surface area contributed by atoms with Crippen molar-refractivity contribution in [1.82, 2.24) is 0 Å². The molecule has 1 heterocycles. The smallest absolute Gasteiger partial charge is 0.211 e. The molecule has 0 unspecified atom stereocenters. The highest BCUT2D eigenvalue weighted by molar-refractivity contribution is 5.83. The fourth-order valence-electron chi connectivity index (χ4n) is 8.47. The molecule has 0 radical (unpaired) electrons. The standard InChI is InChI=1S/C50H80N2/c1-9-17-25-33-45-39(27-19-11-3)35-43(36-40(45)28-20-12-4)49-47(31-23-15-7)48(32-24-16-8)50(52(49)51)44-37-41(29-21-13-5)46(34-26-18-10-2)42(38-44)30-22-14-6/h35-38H,9-34H2,1-8H3. The molecular formula is C50H80N2. The maximum atomic E-state index is 12.8. The lowest BCUT2D eigenvalue weighted by molar-refractivity contribution is -0.345. The van der Waals surface area contributed by atoms with Crippen molar-refractivity contribution in [2.45, 2.75) is 222 Å². The van der Waals surface area contributed by atoms with Gasteiger partial charge >= 0.3 is 0 Å². The van der Waals surface area contributed by atoms with Crippen molar-refractivity contribution >= 4 is 11.4 Å². The number of nitrogens with zero attached hydrogens (tertiary/aromatic N) is 2. The molecule has 0 fully saturated rings. The molecule has 0 saturated carbocycles. The zero-order valence-electron chi connectivity index (χ0n) is 35.6. The van der Waals surface area contributed by atoms with Crippen LogP contribution in [0.4, 0.5) is 0 Å². The molecule has 0 N–H and O–H groups in total. The molecule has 0 saturated heterocycles. The summed E-state index contributed by atoms with van der Waals surface area (Å²) in [7, 11) is 0. The normalized spacial score (nSPS) is 13.3. The Kier molecular flexibility index (Phi) is 20.9. The molecule has 3 rings (SSSR count). The van der Waals surface area contributed by atoms with Gasteiger partial charge in [0, 0.05) is 22.3 Å². The minimum atomic E-state index is 1.03. The minimum Gasteiger partial charge on any atom is -0.493 e. The number of hydrogen-bond donors (Lipinski definition) is 0. The van der Waals surface area contributed by atoms with E-state index in [0.29, 0.717) is 0 Å². The Bertz CT molecular complexity index is 1270. The van der Waals surface area contributed by atoms with Gasteiger partial charge in [-0.3, -0.25) is 0 Å². The Morgan fingerprint density at radius 2 is 0.615 bits per heavy atom. The molecule has 290 valence electrons. The first kappa shape index (κ1) is 43.9. The summed E-state index contributed by atoms with van der Waals surface area (Å²) in [4.78, 5) is 0. The van der Waals surface area contributed by atoms with Crippen molar-refractivity contribution in [3.05, 3.63) is 85.5 Å². The summed E-state index contributed by atoms with van der Waals surface area (Å²) in [5, 5.41) is 0. The third-order valence-electron chi connectivity index (χ3n) is 11.6. The Labute approximate surface area is 322 Å². The summed E-state index contributed by atoms with van der Waals surface area (Å²) in [6.45, 7) is 18.6. The van der Waals surface area contributed by atoms with E-state index in [-0.39, 0.29) is 0 Å². The lowest BCUT2D eigenvalue weighted by Crippen LogP contribution is -2.09. The summed E-state index contributed by atoms with van der Waals surface area (Å²) in [5.41, 5.74) is 29.7. The molecule has 2 aromatic rings. The molecule has 0 spiro atoms. The van der Waals surface area contributed by atoms with E-state index < -0.39 is 0 Å². The lowest BCUT2D eigenvalue weighted by Gasteiger charge is -2.20. The van der Waals surface area contributed by atoms with Crippen molar-refractivity contribution in [3.63, 3.8) is 0 Å². The van der Waals surface area contributed by atoms with E-state index in [1.54, 1.807) is 38.1 Å². The maximum Gasteiger partial charge on any atom is 0.211 e. The molecule has 1 aliphatic rings. The monoisotopic (exact) mass is 709 g/mol. The van der Waals surface area contributed by atoms with E-state index in [1.807, 2.05) is 0 Å². The van der Waals surface area contributed by atoms with Gasteiger partial charge in [-0.2, -0.15) is 0 Å². The predicted octanol–water partition coefficient (Wildman–Crippen LogP) is 16.1. The topological polar surface area (TPSA) is 25.3 Å². The Hall–Kier alpha value is -2.48. The van der Waals surface area contributed by atoms with Crippen molar-refractivity contribution in [2.75, 3.05) is 0 Å². The third kappa shape index (κ3) is 12.3. The molecular weight excluding hydrogens is 629 g/mol. The summed E-state index contributed by atoms with van der Waals surface area (Å²) < 4.78 is 1.70. The molecule has 2 heteroatoms. The number of hydrogen-bond acceptors (Lipinski definition) is 0. The van der Waals surface area contributed by atoms with Crippen molar-refractivity contribution in [3.8, 4) is 0 Å². The van der Waals surface area contributed by atoms with E-state index in [0.717, 1.165) is 75.6 Å². The van der Waals surface area contributed by atoms with Gasteiger partial charge in [-0.1, -0.05) is 120 Å². The molecule has 0 bridgehead atoms. The molecule has 0 amide bonds. The fraction of sp³-hybridized carbons (Fsp3) is 0.680. The zero-order valence-corrected chi connectivity index (χ0v) is 35.6.